The molecule has 1 aromatic rings. The Hall–Kier alpha value is -1.79. The molecule has 6 nitrogen and oxygen atoms in total. The van der Waals surface area contributed by atoms with Gasteiger partial charge in [0.1, 0.15) is 0 Å². The molecule has 2 rings (SSSR count). The standard InChI is InChI=1S/C15H20ClN3O3/c1-11-9-12(3-4-13(11)16)18-14(20)10-17-5-7-19-6-2-8-22-15(19)21/h3-4,9,17H,2,5-8,10H2,1H3,(H,18,20). The number of nitrogens with zero attached hydrogens (tertiary/aromatic N) is 1. The molecule has 1 aliphatic rings. The van der Waals surface area contributed by atoms with Gasteiger partial charge >= 0.3 is 6.09 Å². The van der Waals surface area contributed by atoms with Gasteiger partial charge in [-0.25, -0.2) is 4.79 Å². The lowest BCUT2D eigenvalue weighted by Crippen LogP contribution is -2.42. The summed E-state index contributed by atoms with van der Waals surface area (Å²) >= 11 is 5.94. The lowest BCUT2D eigenvalue weighted by atomic mass is 10.2. The van der Waals surface area contributed by atoms with Crippen molar-refractivity contribution < 1.29 is 14.3 Å². The molecule has 1 aromatic carbocycles. The van der Waals surface area contributed by atoms with Gasteiger partial charge in [-0.1, -0.05) is 11.6 Å². The van der Waals surface area contributed by atoms with Crippen LogP contribution in [0.3, 0.4) is 0 Å². The lowest BCUT2D eigenvalue weighted by Gasteiger charge is -2.26. The summed E-state index contributed by atoms with van der Waals surface area (Å²) in [6.07, 6.45) is 0.566. The molecule has 2 N–H and O–H groups in total. The average Bonchev–Trinajstić information content (AvgIpc) is 2.49. The Morgan fingerprint density at radius 3 is 3.00 bits per heavy atom. The molecule has 0 aliphatic carbocycles. The highest BCUT2D eigenvalue weighted by atomic mass is 35.5. The Balaban J connectivity index is 1.67. The number of anilines is 1. The van der Waals surface area contributed by atoms with Gasteiger partial charge in [0.05, 0.1) is 13.2 Å². The Kier molecular flexibility index (Phi) is 6.03. The number of nitrogens with one attached hydrogen (secondary N) is 2. The first-order valence-electron chi connectivity index (χ1n) is 7.24. The molecule has 0 bridgehead atoms. The van der Waals surface area contributed by atoms with E-state index in [0.29, 0.717) is 37.0 Å². The SMILES string of the molecule is Cc1cc(NC(=O)CNCCN2CCCOC2=O)ccc1Cl. The number of benzene rings is 1. The number of rotatable bonds is 6. The quantitative estimate of drug-likeness (QED) is 0.785. The molecule has 1 saturated heterocycles. The average molecular weight is 326 g/mol. The van der Waals surface area contributed by atoms with E-state index in [1.807, 2.05) is 13.0 Å². The second-order valence-electron chi connectivity index (χ2n) is 5.14. The third-order valence-electron chi connectivity index (χ3n) is 3.34. The topological polar surface area (TPSA) is 70.7 Å². The van der Waals surface area contributed by atoms with Crippen LogP contribution in [0.1, 0.15) is 12.0 Å². The number of carbonyl (C=O) groups excluding carboxylic acids is 2. The van der Waals surface area contributed by atoms with Gasteiger partial charge in [0.2, 0.25) is 5.91 Å². The van der Waals surface area contributed by atoms with E-state index in [9.17, 15) is 9.59 Å². The predicted octanol–water partition coefficient (Wildman–Crippen LogP) is 2.02. The zero-order valence-electron chi connectivity index (χ0n) is 12.5. The minimum Gasteiger partial charge on any atom is -0.449 e. The zero-order chi connectivity index (χ0) is 15.9. The van der Waals surface area contributed by atoms with E-state index in [4.69, 9.17) is 16.3 Å². The van der Waals surface area contributed by atoms with Crippen LogP contribution in [0.2, 0.25) is 5.02 Å². The van der Waals surface area contributed by atoms with E-state index in [-0.39, 0.29) is 18.5 Å². The van der Waals surface area contributed by atoms with Gasteiger partial charge in [-0.2, -0.15) is 0 Å². The van der Waals surface area contributed by atoms with Crippen LogP contribution >= 0.6 is 11.6 Å². The number of halogens is 1. The van der Waals surface area contributed by atoms with E-state index < -0.39 is 0 Å². The van der Waals surface area contributed by atoms with E-state index in [1.165, 1.54) is 0 Å². The molecule has 0 spiro atoms. The Morgan fingerprint density at radius 1 is 1.45 bits per heavy atom. The largest absolute Gasteiger partial charge is 0.449 e. The molecule has 7 heteroatoms. The number of hydrogen-bond acceptors (Lipinski definition) is 4. The number of carbonyl (C=O) groups is 2. The van der Waals surface area contributed by atoms with Crippen LogP contribution in [0, 0.1) is 6.92 Å². The number of hydrogen-bond donors (Lipinski definition) is 2. The molecule has 0 unspecified atom stereocenters. The van der Waals surface area contributed by atoms with E-state index in [1.54, 1.807) is 17.0 Å². The molecule has 1 fully saturated rings. The lowest BCUT2D eigenvalue weighted by molar-refractivity contribution is -0.115. The third-order valence-corrected chi connectivity index (χ3v) is 3.77. The van der Waals surface area contributed by atoms with Crippen molar-refractivity contribution in [3.63, 3.8) is 0 Å². The summed E-state index contributed by atoms with van der Waals surface area (Å²) in [5.41, 5.74) is 1.63. The first-order valence-corrected chi connectivity index (χ1v) is 7.62. The molecule has 0 atom stereocenters. The molecule has 22 heavy (non-hydrogen) atoms. The van der Waals surface area contributed by atoms with Crippen LogP contribution in [0.25, 0.3) is 0 Å². The fourth-order valence-corrected chi connectivity index (χ4v) is 2.26. The van der Waals surface area contributed by atoms with Crippen molar-refractivity contribution in [2.45, 2.75) is 13.3 Å². The molecule has 1 heterocycles. The van der Waals surface area contributed by atoms with Gasteiger partial charge in [0.15, 0.2) is 0 Å². The van der Waals surface area contributed by atoms with Crippen LogP contribution in [0.4, 0.5) is 10.5 Å². The van der Waals surface area contributed by atoms with Crippen molar-refractivity contribution >= 4 is 29.3 Å². The van der Waals surface area contributed by atoms with Crippen LogP contribution in [0.5, 0.6) is 0 Å². The van der Waals surface area contributed by atoms with E-state index in [0.717, 1.165) is 12.0 Å². The van der Waals surface area contributed by atoms with Gasteiger partial charge in [0.25, 0.3) is 0 Å². The molecule has 120 valence electrons. The van der Waals surface area contributed by atoms with Gasteiger partial charge in [0, 0.05) is 30.3 Å². The van der Waals surface area contributed by atoms with E-state index >= 15 is 0 Å². The van der Waals surface area contributed by atoms with Crippen LogP contribution in [0.15, 0.2) is 18.2 Å². The van der Waals surface area contributed by atoms with Crippen molar-refractivity contribution in [3.8, 4) is 0 Å². The number of aryl methyl sites for hydroxylation is 1. The Morgan fingerprint density at radius 2 is 2.27 bits per heavy atom. The summed E-state index contributed by atoms with van der Waals surface area (Å²) in [5, 5.41) is 6.47. The van der Waals surface area contributed by atoms with Crippen molar-refractivity contribution in [1.82, 2.24) is 10.2 Å². The number of ether oxygens (including phenoxy) is 1. The normalized spacial score (nSPS) is 14.6. The van der Waals surface area contributed by atoms with Crippen LogP contribution in [-0.2, 0) is 9.53 Å². The molecule has 1 aliphatic heterocycles. The van der Waals surface area contributed by atoms with Gasteiger partial charge in [-0.15, -0.1) is 0 Å². The van der Waals surface area contributed by atoms with Crippen molar-refractivity contribution in [1.29, 1.82) is 0 Å². The summed E-state index contributed by atoms with van der Waals surface area (Å²) in [6, 6.07) is 5.34. The first kappa shape index (κ1) is 16.6. The highest BCUT2D eigenvalue weighted by Gasteiger charge is 2.18. The van der Waals surface area contributed by atoms with Gasteiger partial charge in [-0.05, 0) is 37.1 Å². The summed E-state index contributed by atoms with van der Waals surface area (Å²) < 4.78 is 4.94. The highest BCUT2D eigenvalue weighted by Crippen LogP contribution is 2.19. The fraction of sp³-hybridized carbons (Fsp3) is 0.467. The minimum absolute atomic E-state index is 0.136. The maximum absolute atomic E-state index is 11.8. The summed E-state index contributed by atoms with van der Waals surface area (Å²) in [6.45, 7) is 4.34. The molecular weight excluding hydrogens is 306 g/mol. The fourth-order valence-electron chi connectivity index (χ4n) is 2.14. The molecule has 0 saturated carbocycles. The zero-order valence-corrected chi connectivity index (χ0v) is 13.3. The van der Waals surface area contributed by atoms with E-state index in [2.05, 4.69) is 10.6 Å². The smallest absolute Gasteiger partial charge is 0.409 e. The molecule has 2 amide bonds. The summed E-state index contributed by atoms with van der Waals surface area (Å²) in [5.74, 6) is -0.136. The predicted molar refractivity (Wildman–Crippen MR) is 85.2 cm³/mol. The summed E-state index contributed by atoms with van der Waals surface area (Å²) in [4.78, 5) is 24.9. The van der Waals surface area contributed by atoms with Crippen molar-refractivity contribution in [3.05, 3.63) is 28.8 Å². The number of amides is 2. The third kappa shape index (κ3) is 4.89. The Bertz CT molecular complexity index is 551. The minimum atomic E-state index is -0.283. The van der Waals surface area contributed by atoms with Gasteiger partial charge in [-0.3, -0.25) is 4.79 Å². The first-order chi connectivity index (χ1) is 10.6. The maximum Gasteiger partial charge on any atom is 0.409 e. The maximum atomic E-state index is 11.8. The molecule has 0 radical (unpaired) electrons. The molecule has 0 aromatic heterocycles. The highest BCUT2D eigenvalue weighted by molar-refractivity contribution is 6.31. The Labute approximate surface area is 134 Å². The number of cyclic esters (lactones) is 1. The summed E-state index contributed by atoms with van der Waals surface area (Å²) in [7, 11) is 0. The molecular formula is C15H20ClN3O3. The van der Waals surface area contributed by atoms with Crippen LogP contribution in [-0.4, -0.2) is 49.7 Å². The second kappa shape index (κ2) is 8.00. The monoisotopic (exact) mass is 325 g/mol. The van der Waals surface area contributed by atoms with Crippen molar-refractivity contribution in [2.75, 3.05) is 38.1 Å². The van der Waals surface area contributed by atoms with Crippen molar-refractivity contribution in [2.24, 2.45) is 0 Å². The van der Waals surface area contributed by atoms with Gasteiger partial charge < -0.3 is 20.3 Å². The second-order valence-corrected chi connectivity index (χ2v) is 5.55. The van der Waals surface area contributed by atoms with Crippen LogP contribution < -0.4 is 10.6 Å².